The molecule has 2 rings (SSSR count). The molecule has 0 saturated heterocycles. The molecule has 104 valence electrons. The summed E-state index contributed by atoms with van der Waals surface area (Å²) in [4.78, 5) is 28.0. The molecule has 2 amide bonds. The fourth-order valence-electron chi connectivity index (χ4n) is 1.04. The van der Waals surface area contributed by atoms with Gasteiger partial charge in [-0.15, -0.1) is 0 Å². The predicted molar refractivity (Wildman–Crippen MR) is 73.2 cm³/mol. The van der Waals surface area contributed by atoms with Gasteiger partial charge in [-0.05, 0) is 40.2 Å². The number of pyridine rings is 2. The highest BCUT2D eigenvalue weighted by molar-refractivity contribution is 9.10. The quantitative estimate of drug-likeness (QED) is 0.857. The number of carbonyl (C=O) groups excluding carboxylic acids is 2. The number of amides is 2. The largest absolute Gasteiger partial charge is 0.364 e. The zero-order valence-electron chi connectivity index (χ0n) is 10.1. The summed E-state index contributed by atoms with van der Waals surface area (Å²) in [6.45, 7) is 0. The highest BCUT2D eigenvalue weighted by atomic mass is 79.9. The summed E-state index contributed by atoms with van der Waals surface area (Å²) in [5, 5.41) is 0. The summed E-state index contributed by atoms with van der Waals surface area (Å²) in [5.74, 6) is -1.64. The Morgan fingerprint density at radius 3 is 1.80 bits per heavy atom. The highest BCUT2D eigenvalue weighted by Crippen LogP contribution is 2.06. The van der Waals surface area contributed by atoms with E-state index in [1.807, 2.05) is 0 Å². The monoisotopic (exact) mass is 339 g/mol. The van der Waals surface area contributed by atoms with Crippen LogP contribution in [0.1, 0.15) is 21.0 Å². The van der Waals surface area contributed by atoms with Gasteiger partial charge in [0.25, 0.3) is 11.8 Å². The highest BCUT2D eigenvalue weighted by Gasteiger charge is 1.99. The molecule has 0 aromatic carbocycles. The van der Waals surface area contributed by atoms with Gasteiger partial charge in [0.1, 0.15) is 17.2 Å². The van der Waals surface area contributed by atoms with Crippen LogP contribution in [0.15, 0.2) is 41.1 Å². The molecule has 0 radical (unpaired) electrons. The Morgan fingerprint density at radius 2 is 1.45 bits per heavy atom. The smallest absolute Gasteiger partial charge is 0.267 e. The number of nitrogens with two attached hydrogens (primary N) is 2. The number of nitrogens with zero attached hydrogens (tertiary/aromatic N) is 2. The maximum absolute atomic E-state index is 12.1. The van der Waals surface area contributed by atoms with Crippen molar-refractivity contribution in [3.63, 3.8) is 0 Å². The van der Waals surface area contributed by atoms with Crippen LogP contribution in [0.2, 0.25) is 0 Å². The minimum atomic E-state index is -0.653. The van der Waals surface area contributed by atoms with E-state index in [1.54, 1.807) is 12.1 Å². The minimum absolute atomic E-state index is 0.0707. The first-order valence-electron chi connectivity index (χ1n) is 5.23. The normalized spacial score (nSPS) is 9.30. The lowest BCUT2D eigenvalue weighted by molar-refractivity contribution is 0.0987. The molecular weight excluding hydrogens is 330 g/mol. The van der Waals surface area contributed by atoms with Crippen LogP contribution in [-0.4, -0.2) is 21.8 Å². The lowest BCUT2D eigenvalue weighted by atomic mass is 10.3. The molecule has 0 atom stereocenters. The van der Waals surface area contributed by atoms with Gasteiger partial charge in [0.05, 0.1) is 6.20 Å². The van der Waals surface area contributed by atoms with Crippen LogP contribution in [0.25, 0.3) is 0 Å². The number of carbonyl (C=O) groups is 2. The summed E-state index contributed by atoms with van der Waals surface area (Å²) in [6.07, 6.45) is 2.47. The molecule has 0 aliphatic heterocycles. The second kappa shape index (κ2) is 7.29. The van der Waals surface area contributed by atoms with Crippen LogP contribution in [0.3, 0.4) is 0 Å². The number of hydrogen-bond acceptors (Lipinski definition) is 4. The average Bonchev–Trinajstić information content (AvgIpc) is 2.40. The van der Waals surface area contributed by atoms with Crippen molar-refractivity contribution in [2.45, 2.75) is 0 Å². The summed E-state index contributed by atoms with van der Waals surface area (Å²) in [6, 6.07) is 5.64. The van der Waals surface area contributed by atoms with Crippen molar-refractivity contribution < 1.29 is 14.0 Å². The van der Waals surface area contributed by atoms with Crippen LogP contribution >= 0.6 is 15.9 Å². The van der Waals surface area contributed by atoms with Gasteiger partial charge in [-0.25, -0.2) is 14.4 Å². The Bertz CT molecular complexity index is 546. The lowest BCUT2D eigenvalue weighted by Crippen LogP contribution is -2.12. The van der Waals surface area contributed by atoms with Gasteiger partial charge in [0, 0.05) is 10.7 Å². The molecular formula is C12H10BrFN4O2. The van der Waals surface area contributed by atoms with E-state index in [1.165, 1.54) is 12.3 Å². The fourth-order valence-corrected chi connectivity index (χ4v) is 1.28. The van der Waals surface area contributed by atoms with Crippen molar-refractivity contribution in [1.82, 2.24) is 9.97 Å². The second-order valence-electron chi connectivity index (χ2n) is 3.45. The Hall–Kier alpha value is -2.35. The van der Waals surface area contributed by atoms with Crippen LogP contribution in [-0.2, 0) is 0 Å². The Morgan fingerprint density at radius 1 is 0.950 bits per heavy atom. The van der Waals surface area contributed by atoms with E-state index in [-0.39, 0.29) is 11.4 Å². The summed E-state index contributed by atoms with van der Waals surface area (Å²) < 4.78 is 13.0. The maximum atomic E-state index is 12.1. The van der Waals surface area contributed by atoms with Gasteiger partial charge in [0.15, 0.2) is 0 Å². The van der Waals surface area contributed by atoms with Gasteiger partial charge in [-0.2, -0.15) is 0 Å². The Balaban J connectivity index is 0.000000200. The third kappa shape index (κ3) is 5.11. The van der Waals surface area contributed by atoms with Gasteiger partial charge in [-0.3, -0.25) is 9.59 Å². The summed E-state index contributed by atoms with van der Waals surface area (Å²) in [7, 11) is 0. The second-order valence-corrected chi connectivity index (χ2v) is 4.37. The third-order valence-corrected chi connectivity index (χ3v) is 2.43. The average molecular weight is 340 g/mol. The van der Waals surface area contributed by atoms with E-state index in [0.29, 0.717) is 0 Å². The maximum Gasteiger partial charge on any atom is 0.267 e. The molecule has 20 heavy (non-hydrogen) atoms. The van der Waals surface area contributed by atoms with Crippen LogP contribution < -0.4 is 11.5 Å². The minimum Gasteiger partial charge on any atom is -0.364 e. The van der Waals surface area contributed by atoms with E-state index >= 15 is 0 Å². The molecule has 2 aromatic heterocycles. The third-order valence-electron chi connectivity index (χ3n) is 1.96. The van der Waals surface area contributed by atoms with Crippen molar-refractivity contribution in [2.24, 2.45) is 11.5 Å². The number of primary amides is 2. The van der Waals surface area contributed by atoms with Gasteiger partial charge < -0.3 is 11.5 Å². The summed E-state index contributed by atoms with van der Waals surface area (Å²) in [5.41, 5.74) is 10.1. The first-order chi connectivity index (χ1) is 9.40. The van der Waals surface area contributed by atoms with E-state index in [4.69, 9.17) is 11.5 Å². The molecule has 0 fully saturated rings. The molecule has 2 heterocycles. The lowest BCUT2D eigenvalue weighted by Gasteiger charge is -1.91. The fraction of sp³-hybridized carbons (Fsp3) is 0. The molecule has 8 heteroatoms. The molecule has 2 aromatic rings. The van der Waals surface area contributed by atoms with E-state index in [9.17, 15) is 14.0 Å². The number of hydrogen-bond donors (Lipinski definition) is 2. The van der Waals surface area contributed by atoms with Crippen molar-refractivity contribution in [2.75, 3.05) is 0 Å². The van der Waals surface area contributed by atoms with Crippen molar-refractivity contribution in [1.29, 1.82) is 0 Å². The van der Waals surface area contributed by atoms with E-state index in [2.05, 4.69) is 25.9 Å². The first kappa shape index (κ1) is 15.7. The SMILES string of the molecule is NC(=O)c1ccc(Br)cn1.NC(=O)c1ccc([18F])cn1. The van der Waals surface area contributed by atoms with Gasteiger partial charge in [-0.1, -0.05) is 0 Å². The molecule has 0 aliphatic carbocycles. The number of halogens is 2. The van der Waals surface area contributed by atoms with E-state index in [0.717, 1.165) is 16.7 Å². The molecule has 0 unspecified atom stereocenters. The Kier molecular flexibility index (Phi) is 5.73. The zero-order chi connectivity index (χ0) is 15.1. The van der Waals surface area contributed by atoms with Crippen molar-refractivity contribution >= 4 is 27.7 Å². The van der Waals surface area contributed by atoms with Crippen molar-refractivity contribution in [3.05, 3.63) is 58.3 Å². The number of aromatic nitrogens is 2. The van der Waals surface area contributed by atoms with Crippen molar-refractivity contribution in [3.8, 4) is 0 Å². The van der Waals surface area contributed by atoms with E-state index < -0.39 is 17.6 Å². The standard InChI is InChI=1S/C6H5BrN2O.C6H5FN2O/c2*7-4-1-2-5(6(8)10)9-3-4/h2*1-3H,(H2,8,10)/i;7-1. The van der Waals surface area contributed by atoms with Crippen LogP contribution in [0.5, 0.6) is 0 Å². The van der Waals surface area contributed by atoms with Gasteiger partial charge in [0.2, 0.25) is 0 Å². The first-order valence-corrected chi connectivity index (χ1v) is 6.02. The topological polar surface area (TPSA) is 112 Å². The molecule has 4 N–H and O–H groups in total. The molecule has 0 bridgehead atoms. The molecule has 0 saturated carbocycles. The van der Waals surface area contributed by atoms with Crippen LogP contribution in [0, 0.1) is 5.82 Å². The van der Waals surface area contributed by atoms with Crippen LogP contribution in [0.4, 0.5) is 4.39 Å². The van der Waals surface area contributed by atoms with Gasteiger partial charge >= 0.3 is 0 Å². The Labute approximate surface area is 122 Å². The summed E-state index contributed by atoms with van der Waals surface area (Å²) >= 11 is 3.18. The zero-order valence-corrected chi connectivity index (χ0v) is 11.7. The molecule has 0 aliphatic rings. The number of rotatable bonds is 2. The molecule has 6 nitrogen and oxygen atoms in total. The predicted octanol–water partition coefficient (Wildman–Crippen LogP) is 1.26. The molecule has 0 spiro atoms.